The van der Waals surface area contributed by atoms with Crippen LogP contribution in [-0.2, 0) is 6.42 Å². The summed E-state index contributed by atoms with van der Waals surface area (Å²) in [6, 6.07) is 25.2. The van der Waals surface area contributed by atoms with E-state index in [1.807, 2.05) is 79.7 Å². The normalized spacial score (nSPS) is 10.6. The zero-order chi connectivity index (χ0) is 23.2. The minimum Gasteiger partial charge on any atom is -0.385 e. The molecule has 4 rings (SSSR count). The Labute approximate surface area is 199 Å². The van der Waals surface area contributed by atoms with Gasteiger partial charge in [-0.2, -0.15) is 0 Å². The molecule has 1 aromatic heterocycles. The summed E-state index contributed by atoms with van der Waals surface area (Å²) in [6.07, 6.45) is 2.65. The van der Waals surface area contributed by atoms with E-state index in [0.717, 1.165) is 52.3 Å². The van der Waals surface area contributed by atoms with E-state index < -0.39 is 0 Å². The fourth-order valence-corrected chi connectivity index (χ4v) is 3.75. The maximum Gasteiger partial charge on any atom is 0.256 e. The van der Waals surface area contributed by atoms with Gasteiger partial charge in [0.2, 0.25) is 0 Å². The predicted octanol–water partition coefficient (Wildman–Crippen LogP) is 6.93. The van der Waals surface area contributed by atoms with Crippen LogP contribution in [-0.4, -0.2) is 17.4 Å². The largest absolute Gasteiger partial charge is 0.385 e. The van der Waals surface area contributed by atoms with Gasteiger partial charge < -0.3 is 10.6 Å². The number of carbonyl (C=O) groups is 1. The maximum atomic E-state index is 13.2. The minimum atomic E-state index is -0.140. The second-order valence-corrected chi connectivity index (χ2v) is 8.45. The molecule has 33 heavy (non-hydrogen) atoms. The Bertz CT molecular complexity index is 1240. The summed E-state index contributed by atoms with van der Waals surface area (Å²) in [7, 11) is 0. The molecule has 0 saturated heterocycles. The number of nitrogens with zero attached hydrogens (tertiary/aromatic N) is 1. The van der Waals surface area contributed by atoms with Gasteiger partial charge >= 0.3 is 0 Å². The van der Waals surface area contributed by atoms with Crippen LogP contribution in [0.1, 0.15) is 27.2 Å². The number of benzene rings is 3. The third-order valence-electron chi connectivity index (χ3n) is 5.61. The molecule has 0 fully saturated rings. The molecule has 1 amide bonds. The van der Waals surface area contributed by atoms with Gasteiger partial charge in [0, 0.05) is 46.8 Å². The highest BCUT2D eigenvalue weighted by Crippen LogP contribution is 2.29. The molecule has 0 aliphatic heterocycles. The molecular weight excluding hydrogens is 430 g/mol. The molecule has 4 aromatic rings. The van der Waals surface area contributed by atoms with Crippen molar-refractivity contribution in [3.8, 4) is 11.1 Å². The molecule has 1 heterocycles. The van der Waals surface area contributed by atoms with Crippen LogP contribution in [0.3, 0.4) is 0 Å². The first-order valence-corrected chi connectivity index (χ1v) is 11.3. The molecule has 0 aliphatic rings. The summed E-state index contributed by atoms with van der Waals surface area (Å²) < 4.78 is 0. The van der Waals surface area contributed by atoms with E-state index in [0.29, 0.717) is 10.6 Å². The van der Waals surface area contributed by atoms with Gasteiger partial charge in [0.05, 0.1) is 0 Å². The number of anilines is 2. The number of pyridine rings is 1. The van der Waals surface area contributed by atoms with Crippen molar-refractivity contribution in [2.75, 3.05) is 17.2 Å². The van der Waals surface area contributed by atoms with Gasteiger partial charge in [-0.15, -0.1) is 0 Å². The first-order valence-electron chi connectivity index (χ1n) is 10.9. The predicted molar refractivity (Wildman–Crippen MR) is 137 cm³/mol. The lowest BCUT2D eigenvalue weighted by Crippen LogP contribution is -2.14. The fourth-order valence-electron chi connectivity index (χ4n) is 3.62. The first-order chi connectivity index (χ1) is 16.0. The maximum absolute atomic E-state index is 13.2. The van der Waals surface area contributed by atoms with Crippen LogP contribution in [0, 0.1) is 13.8 Å². The molecule has 0 atom stereocenters. The molecule has 0 spiro atoms. The van der Waals surface area contributed by atoms with Crippen molar-refractivity contribution in [1.29, 1.82) is 0 Å². The number of nitrogens with one attached hydrogen (secondary N) is 2. The third kappa shape index (κ3) is 5.79. The van der Waals surface area contributed by atoms with E-state index in [2.05, 4.69) is 28.6 Å². The van der Waals surface area contributed by atoms with E-state index in [1.54, 1.807) is 6.20 Å². The van der Waals surface area contributed by atoms with E-state index in [-0.39, 0.29) is 5.91 Å². The van der Waals surface area contributed by atoms with Crippen molar-refractivity contribution in [2.45, 2.75) is 20.3 Å². The standard InChI is InChI=1S/C28H26ClN3O/c1-19-17-26(21-6-8-22(29)9-7-21)27(18-20(19)2)28(33)32-25-12-10-24(11-13-25)31-16-14-23-5-3-4-15-30-23/h3-13,15,17-18,31H,14,16H2,1-2H3,(H,32,33). The van der Waals surface area contributed by atoms with Crippen molar-refractivity contribution >= 4 is 28.9 Å². The first kappa shape index (κ1) is 22.6. The Balaban J connectivity index is 1.45. The molecule has 166 valence electrons. The van der Waals surface area contributed by atoms with Crippen LogP contribution in [0.25, 0.3) is 11.1 Å². The van der Waals surface area contributed by atoms with Gasteiger partial charge in [-0.05, 0) is 90.7 Å². The van der Waals surface area contributed by atoms with E-state index in [9.17, 15) is 4.79 Å². The summed E-state index contributed by atoms with van der Waals surface area (Å²) in [5.74, 6) is -0.140. The number of aromatic nitrogens is 1. The number of hydrogen-bond donors (Lipinski definition) is 2. The minimum absolute atomic E-state index is 0.140. The summed E-state index contributed by atoms with van der Waals surface area (Å²) in [5.41, 5.74) is 7.49. The van der Waals surface area contributed by atoms with Crippen LogP contribution in [0.15, 0.2) is 85.1 Å². The fraction of sp³-hybridized carbons (Fsp3) is 0.143. The second kappa shape index (κ2) is 10.3. The quantitative estimate of drug-likeness (QED) is 0.318. The summed E-state index contributed by atoms with van der Waals surface area (Å²) in [6.45, 7) is 4.86. The van der Waals surface area contributed by atoms with Crippen LogP contribution in [0.4, 0.5) is 11.4 Å². The second-order valence-electron chi connectivity index (χ2n) is 8.02. The zero-order valence-corrected chi connectivity index (χ0v) is 19.5. The monoisotopic (exact) mass is 455 g/mol. The van der Waals surface area contributed by atoms with Crippen molar-refractivity contribution in [1.82, 2.24) is 4.98 Å². The highest BCUT2D eigenvalue weighted by atomic mass is 35.5. The average Bonchev–Trinajstić information content (AvgIpc) is 2.83. The van der Waals surface area contributed by atoms with Crippen molar-refractivity contribution in [3.63, 3.8) is 0 Å². The van der Waals surface area contributed by atoms with Crippen LogP contribution < -0.4 is 10.6 Å². The summed E-state index contributed by atoms with van der Waals surface area (Å²) >= 11 is 6.05. The Morgan fingerprint density at radius 3 is 2.27 bits per heavy atom. The van der Waals surface area contributed by atoms with Crippen molar-refractivity contribution in [3.05, 3.63) is 112 Å². The molecule has 0 unspecified atom stereocenters. The lowest BCUT2D eigenvalue weighted by atomic mass is 9.94. The molecule has 0 aliphatic carbocycles. The summed E-state index contributed by atoms with van der Waals surface area (Å²) in [4.78, 5) is 17.5. The van der Waals surface area contributed by atoms with Crippen molar-refractivity contribution < 1.29 is 4.79 Å². The van der Waals surface area contributed by atoms with E-state index in [4.69, 9.17) is 11.6 Å². The molecule has 0 saturated carbocycles. The molecule has 4 nitrogen and oxygen atoms in total. The number of rotatable bonds is 7. The van der Waals surface area contributed by atoms with Crippen LogP contribution in [0.5, 0.6) is 0 Å². The smallest absolute Gasteiger partial charge is 0.256 e. The van der Waals surface area contributed by atoms with E-state index in [1.165, 1.54) is 0 Å². The van der Waals surface area contributed by atoms with Crippen LogP contribution in [0.2, 0.25) is 5.02 Å². The Hall–Kier alpha value is -3.63. The molecular formula is C28H26ClN3O. The lowest BCUT2D eigenvalue weighted by Gasteiger charge is -2.14. The van der Waals surface area contributed by atoms with Crippen LogP contribution >= 0.6 is 11.6 Å². The number of halogens is 1. The Morgan fingerprint density at radius 2 is 1.58 bits per heavy atom. The number of aryl methyl sites for hydroxylation is 2. The Morgan fingerprint density at radius 1 is 0.879 bits per heavy atom. The summed E-state index contributed by atoms with van der Waals surface area (Å²) in [5, 5.41) is 7.09. The van der Waals surface area contributed by atoms with Crippen molar-refractivity contribution in [2.24, 2.45) is 0 Å². The van der Waals surface area contributed by atoms with Gasteiger partial charge in [0.1, 0.15) is 0 Å². The van der Waals surface area contributed by atoms with Gasteiger partial charge in [0.25, 0.3) is 5.91 Å². The van der Waals surface area contributed by atoms with Gasteiger partial charge in [0.15, 0.2) is 0 Å². The highest BCUT2D eigenvalue weighted by molar-refractivity contribution is 6.30. The molecule has 0 bridgehead atoms. The van der Waals surface area contributed by atoms with Gasteiger partial charge in [-0.3, -0.25) is 9.78 Å². The van der Waals surface area contributed by atoms with Gasteiger partial charge in [-0.25, -0.2) is 0 Å². The third-order valence-corrected chi connectivity index (χ3v) is 5.86. The highest BCUT2D eigenvalue weighted by Gasteiger charge is 2.15. The molecule has 0 radical (unpaired) electrons. The Kier molecular flexibility index (Phi) is 7.06. The molecule has 5 heteroatoms. The molecule has 2 N–H and O–H groups in total. The SMILES string of the molecule is Cc1cc(C(=O)Nc2ccc(NCCc3ccccn3)cc2)c(-c2ccc(Cl)cc2)cc1C. The number of amides is 1. The number of hydrogen-bond acceptors (Lipinski definition) is 3. The molecule has 3 aromatic carbocycles. The van der Waals surface area contributed by atoms with E-state index >= 15 is 0 Å². The van der Waals surface area contributed by atoms with Gasteiger partial charge in [-0.1, -0.05) is 35.9 Å². The topological polar surface area (TPSA) is 54.0 Å². The lowest BCUT2D eigenvalue weighted by molar-refractivity contribution is 0.102. The average molecular weight is 456 g/mol. The zero-order valence-electron chi connectivity index (χ0n) is 18.7. The number of carbonyl (C=O) groups excluding carboxylic acids is 1.